The van der Waals surface area contributed by atoms with Gasteiger partial charge in [-0.2, -0.15) is 0 Å². The van der Waals surface area contributed by atoms with Crippen LogP contribution in [0.25, 0.3) is 6.08 Å². The van der Waals surface area contributed by atoms with Gasteiger partial charge >= 0.3 is 0 Å². The normalized spacial score (nSPS) is 10.8. The molecule has 2 aromatic rings. The van der Waals surface area contributed by atoms with E-state index >= 15 is 0 Å². The quantitative estimate of drug-likeness (QED) is 0.811. The summed E-state index contributed by atoms with van der Waals surface area (Å²) in [5, 5.41) is 0. The van der Waals surface area contributed by atoms with Gasteiger partial charge in [-0.3, -0.25) is 0 Å². The lowest BCUT2D eigenvalue weighted by molar-refractivity contribution is 0.355. The first-order valence-electron chi connectivity index (χ1n) is 5.68. The van der Waals surface area contributed by atoms with Crippen LogP contribution < -0.4 is 9.47 Å². The maximum absolute atomic E-state index is 5.25. The number of imidazole rings is 1. The van der Waals surface area contributed by atoms with Crippen molar-refractivity contribution in [1.29, 1.82) is 0 Å². The summed E-state index contributed by atoms with van der Waals surface area (Å²) in [5.41, 5.74) is 1.08. The Morgan fingerprint density at radius 2 is 2.06 bits per heavy atom. The van der Waals surface area contributed by atoms with Gasteiger partial charge in [-0.25, -0.2) is 4.98 Å². The third-order valence-corrected chi connectivity index (χ3v) is 2.59. The first-order chi connectivity index (χ1) is 8.83. The van der Waals surface area contributed by atoms with Gasteiger partial charge in [0.05, 0.1) is 20.5 Å². The lowest BCUT2D eigenvalue weighted by Crippen LogP contribution is -1.91. The summed E-state index contributed by atoms with van der Waals surface area (Å²) >= 11 is 0. The molecular formula is C14H16N2O2. The standard InChI is InChI=1S/C14H16N2O2/c1-17-13-6-5-12(10-14(13)18-2)4-3-8-16-9-7-15-11-16/h3-7,9-11H,8H2,1-2H3. The van der Waals surface area contributed by atoms with Crippen LogP contribution >= 0.6 is 0 Å². The molecule has 94 valence electrons. The Balaban J connectivity index is 2.07. The number of methoxy groups -OCH3 is 2. The van der Waals surface area contributed by atoms with Crippen molar-refractivity contribution < 1.29 is 9.47 Å². The number of rotatable bonds is 5. The third kappa shape index (κ3) is 2.91. The van der Waals surface area contributed by atoms with E-state index in [1.165, 1.54) is 0 Å². The molecule has 0 aliphatic rings. The van der Waals surface area contributed by atoms with Gasteiger partial charge in [0, 0.05) is 18.9 Å². The van der Waals surface area contributed by atoms with Crippen LogP contribution in [0.2, 0.25) is 0 Å². The fourth-order valence-electron chi connectivity index (χ4n) is 1.66. The number of hydrogen-bond acceptors (Lipinski definition) is 3. The van der Waals surface area contributed by atoms with Crippen LogP contribution in [0.5, 0.6) is 11.5 Å². The monoisotopic (exact) mass is 244 g/mol. The van der Waals surface area contributed by atoms with Gasteiger partial charge in [0.25, 0.3) is 0 Å². The molecule has 0 atom stereocenters. The Hall–Kier alpha value is -2.23. The molecule has 18 heavy (non-hydrogen) atoms. The van der Waals surface area contributed by atoms with Crippen molar-refractivity contribution in [1.82, 2.24) is 9.55 Å². The number of benzene rings is 1. The molecule has 0 saturated carbocycles. The number of aromatic nitrogens is 2. The molecular weight excluding hydrogens is 228 g/mol. The molecule has 0 spiro atoms. The first kappa shape index (κ1) is 12.2. The van der Waals surface area contributed by atoms with Crippen molar-refractivity contribution in [3.63, 3.8) is 0 Å². The molecule has 1 aromatic heterocycles. The second kappa shape index (κ2) is 5.91. The van der Waals surface area contributed by atoms with Crippen LogP contribution in [-0.4, -0.2) is 23.8 Å². The average molecular weight is 244 g/mol. The van der Waals surface area contributed by atoms with Crippen molar-refractivity contribution in [2.75, 3.05) is 14.2 Å². The summed E-state index contributed by atoms with van der Waals surface area (Å²) in [6.07, 6.45) is 9.60. The highest BCUT2D eigenvalue weighted by Gasteiger charge is 2.02. The molecule has 0 aliphatic heterocycles. The van der Waals surface area contributed by atoms with Crippen molar-refractivity contribution in [2.24, 2.45) is 0 Å². The maximum Gasteiger partial charge on any atom is 0.161 e. The van der Waals surface area contributed by atoms with E-state index in [9.17, 15) is 0 Å². The van der Waals surface area contributed by atoms with Gasteiger partial charge in [0.2, 0.25) is 0 Å². The molecule has 2 rings (SSSR count). The van der Waals surface area contributed by atoms with E-state index in [-0.39, 0.29) is 0 Å². The zero-order valence-corrected chi connectivity index (χ0v) is 10.5. The summed E-state index contributed by atoms with van der Waals surface area (Å²) in [4.78, 5) is 3.99. The smallest absolute Gasteiger partial charge is 0.161 e. The molecule has 0 radical (unpaired) electrons. The Kier molecular flexibility index (Phi) is 4.02. The average Bonchev–Trinajstić information content (AvgIpc) is 2.91. The topological polar surface area (TPSA) is 36.3 Å². The van der Waals surface area contributed by atoms with Gasteiger partial charge in [0.1, 0.15) is 0 Å². The zero-order chi connectivity index (χ0) is 12.8. The van der Waals surface area contributed by atoms with Gasteiger partial charge in [-0.1, -0.05) is 18.2 Å². The van der Waals surface area contributed by atoms with Gasteiger partial charge in [0.15, 0.2) is 11.5 Å². The molecule has 0 amide bonds. The highest BCUT2D eigenvalue weighted by Crippen LogP contribution is 2.27. The summed E-state index contributed by atoms with van der Waals surface area (Å²) in [6.45, 7) is 0.800. The summed E-state index contributed by atoms with van der Waals surface area (Å²) in [5.74, 6) is 1.48. The fraction of sp³-hybridized carbons (Fsp3) is 0.214. The van der Waals surface area contributed by atoms with E-state index in [1.54, 1.807) is 26.7 Å². The van der Waals surface area contributed by atoms with Crippen LogP contribution in [0.4, 0.5) is 0 Å². The molecule has 1 heterocycles. The second-order valence-electron chi connectivity index (χ2n) is 3.78. The molecule has 0 bridgehead atoms. The van der Waals surface area contributed by atoms with Crippen molar-refractivity contribution in [2.45, 2.75) is 6.54 Å². The van der Waals surface area contributed by atoms with Crippen LogP contribution in [0.15, 0.2) is 43.0 Å². The minimum absolute atomic E-state index is 0.738. The van der Waals surface area contributed by atoms with E-state index in [2.05, 4.69) is 11.1 Å². The van der Waals surface area contributed by atoms with Crippen molar-refractivity contribution in [3.05, 3.63) is 48.6 Å². The summed E-state index contributed by atoms with van der Waals surface area (Å²) in [6, 6.07) is 5.84. The zero-order valence-electron chi connectivity index (χ0n) is 10.5. The van der Waals surface area contributed by atoms with E-state index in [4.69, 9.17) is 9.47 Å². The molecule has 0 N–H and O–H groups in total. The molecule has 4 nitrogen and oxygen atoms in total. The molecule has 1 aromatic carbocycles. The van der Waals surface area contributed by atoms with Gasteiger partial charge < -0.3 is 14.0 Å². The van der Waals surface area contributed by atoms with Crippen LogP contribution in [0.3, 0.4) is 0 Å². The largest absolute Gasteiger partial charge is 0.493 e. The van der Waals surface area contributed by atoms with Crippen LogP contribution in [0, 0.1) is 0 Å². The predicted octanol–water partition coefficient (Wildman–Crippen LogP) is 2.61. The number of nitrogens with zero attached hydrogens (tertiary/aromatic N) is 2. The Morgan fingerprint density at radius 3 is 2.72 bits per heavy atom. The Labute approximate surface area is 106 Å². The van der Waals surface area contributed by atoms with Gasteiger partial charge in [-0.15, -0.1) is 0 Å². The molecule has 0 fully saturated rings. The first-order valence-corrected chi connectivity index (χ1v) is 5.68. The van der Waals surface area contributed by atoms with Crippen LogP contribution in [-0.2, 0) is 6.54 Å². The lowest BCUT2D eigenvalue weighted by atomic mass is 10.2. The van der Waals surface area contributed by atoms with E-state index < -0.39 is 0 Å². The van der Waals surface area contributed by atoms with E-state index in [0.717, 1.165) is 23.6 Å². The van der Waals surface area contributed by atoms with Crippen molar-refractivity contribution in [3.8, 4) is 11.5 Å². The predicted molar refractivity (Wildman–Crippen MR) is 70.8 cm³/mol. The minimum atomic E-state index is 0.738. The highest BCUT2D eigenvalue weighted by atomic mass is 16.5. The Morgan fingerprint density at radius 1 is 1.22 bits per heavy atom. The minimum Gasteiger partial charge on any atom is -0.493 e. The number of allylic oxidation sites excluding steroid dienone is 1. The van der Waals surface area contributed by atoms with E-state index in [1.807, 2.05) is 35.0 Å². The third-order valence-electron chi connectivity index (χ3n) is 2.59. The summed E-state index contributed by atoms with van der Waals surface area (Å²) in [7, 11) is 3.27. The summed E-state index contributed by atoms with van der Waals surface area (Å²) < 4.78 is 12.4. The van der Waals surface area contributed by atoms with Crippen molar-refractivity contribution >= 4 is 6.08 Å². The SMILES string of the molecule is COc1ccc(C=CCn2ccnc2)cc1OC. The van der Waals surface area contributed by atoms with E-state index in [0.29, 0.717) is 0 Å². The molecule has 0 saturated heterocycles. The number of hydrogen-bond donors (Lipinski definition) is 0. The fourth-order valence-corrected chi connectivity index (χ4v) is 1.66. The molecule has 4 heteroatoms. The van der Waals surface area contributed by atoms with Gasteiger partial charge in [-0.05, 0) is 17.7 Å². The molecule has 0 unspecified atom stereocenters. The second-order valence-corrected chi connectivity index (χ2v) is 3.78. The highest BCUT2D eigenvalue weighted by molar-refractivity contribution is 5.55. The maximum atomic E-state index is 5.25. The molecule has 0 aliphatic carbocycles. The number of ether oxygens (including phenoxy) is 2. The Bertz CT molecular complexity index is 519. The van der Waals surface area contributed by atoms with Crippen LogP contribution in [0.1, 0.15) is 5.56 Å². The lowest BCUT2D eigenvalue weighted by Gasteiger charge is -2.07.